The number of thioether (sulfide) groups is 1. The molecule has 1 fully saturated rings. The number of carbonyl (C=O) groups is 1. The summed E-state index contributed by atoms with van der Waals surface area (Å²) in [6.45, 7) is 2.34. The quantitative estimate of drug-likeness (QED) is 0.838. The third-order valence-corrected chi connectivity index (χ3v) is 7.15. The van der Waals surface area contributed by atoms with Gasteiger partial charge in [-0.1, -0.05) is 18.2 Å². The van der Waals surface area contributed by atoms with Gasteiger partial charge in [-0.05, 0) is 35.2 Å². The van der Waals surface area contributed by atoms with E-state index in [4.69, 9.17) is 4.74 Å². The number of hydrogen-bond acceptors (Lipinski definition) is 5. The molecule has 1 amide bonds. The Morgan fingerprint density at radius 1 is 1.27 bits per heavy atom. The van der Waals surface area contributed by atoms with E-state index in [1.54, 1.807) is 30.2 Å². The standard InChI is InChI=1S/C19H22N2O2S2.ClH/c1-23-16-5-3-2-4-13(16)15-12-20-8-9-21(15)19(22)18-14-6-10-24-17(14)7-11-25-18;/h2-6,10,15,18,20H,7-9,11-12H2,1H3;1H. The highest BCUT2D eigenvalue weighted by atomic mass is 35.5. The molecule has 0 aliphatic carbocycles. The van der Waals surface area contributed by atoms with Gasteiger partial charge in [0.25, 0.3) is 0 Å². The number of thiophene rings is 1. The second kappa shape index (κ2) is 8.65. The Hall–Kier alpha value is -1.21. The molecule has 0 spiro atoms. The number of amides is 1. The molecular weight excluding hydrogens is 388 g/mol. The fourth-order valence-corrected chi connectivity index (χ4v) is 6.05. The number of aryl methyl sites for hydroxylation is 1. The van der Waals surface area contributed by atoms with Crippen LogP contribution in [0.2, 0.25) is 0 Å². The molecule has 0 bridgehead atoms. The van der Waals surface area contributed by atoms with Crippen LogP contribution in [0.25, 0.3) is 0 Å². The topological polar surface area (TPSA) is 41.6 Å². The minimum atomic E-state index is -0.0645. The van der Waals surface area contributed by atoms with Crippen LogP contribution in [0.5, 0.6) is 5.75 Å². The summed E-state index contributed by atoms with van der Waals surface area (Å²) in [7, 11) is 1.69. The Morgan fingerprint density at radius 2 is 2.12 bits per heavy atom. The van der Waals surface area contributed by atoms with Gasteiger partial charge in [-0.3, -0.25) is 4.79 Å². The molecule has 4 nitrogen and oxygen atoms in total. The molecule has 1 aromatic heterocycles. The highest BCUT2D eigenvalue weighted by Crippen LogP contribution is 2.42. The Morgan fingerprint density at radius 3 is 2.96 bits per heavy atom. The van der Waals surface area contributed by atoms with E-state index in [2.05, 4.69) is 27.7 Å². The first-order chi connectivity index (χ1) is 12.3. The van der Waals surface area contributed by atoms with Crippen molar-refractivity contribution in [3.63, 3.8) is 0 Å². The van der Waals surface area contributed by atoms with Crippen molar-refractivity contribution >= 4 is 41.4 Å². The predicted molar refractivity (Wildman–Crippen MR) is 111 cm³/mol. The van der Waals surface area contributed by atoms with Crippen molar-refractivity contribution in [1.29, 1.82) is 0 Å². The first kappa shape index (κ1) is 19.5. The van der Waals surface area contributed by atoms with Gasteiger partial charge in [0.05, 0.1) is 13.2 Å². The predicted octanol–water partition coefficient (Wildman–Crippen LogP) is 3.68. The molecule has 1 aromatic carbocycles. The van der Waals surface area contributed by atoms with E-state index in [-0.39, 0.29) is 29.6 Å². The lowest BCUT2D eigenvalue weighted by Gasteiger charge is -2.39. The van der Waals surface area contributed by atoms with Crippen LogP contribution in [-0.4, -0.2) is 43.3 Å². The Kier molecular flexibility index (Phi) is 6.51. The van der Waals surface area contributed by atoms with Gasteiger partial charge in [-0.25, -0.2) is 0 Å². The van der Waals surface area contributed by atoms with Crippen LogP contribution in [0.4, 0.5) is 0 Å². The molecule has 3 heterocycles. The molecule has 2 aliphatic heterocycles. The van der Waals surface area contributed by atoms with Crippen LogP contribution in [0.15, 0.2) is 35.7 Å². The minimum absolute atomic E-state index is 0. The molecule has 2 unspecified atom stereocenters. The zero-order valence-corrected chi connectivity index (χ0v) is 17.1. The highest BCUT2D eigenvalue weighted by Gasteiger charge is 2.36. The molecule has 0 radical (unpaired) electrons. The van der Waals surface area contributed by atoms with Crippen LogP contribution < -0.4 is 10.1 Å². The van der Waals surface area contributed by atoms with Crippen LogP contribution in [-0.2, 0) is 11.2 Å². The first-order valence-corrected chi connectivity index (χ1v) is 10.5. The monoisotopic (exact) mass is 410 g/mol. The molecule has 1 N–H and O–H groups in total. The molecule has 7 heteroatoms. The van der Waals surface area contributed by atoms with Gasteiger partial charge in [0.2, 0.25) is 5.91 Å². The number of nitrogens with zero attached hydrogens (tertiary/aromatic N) is 1. The third-order valence-electron chi connectivity index (χ3n) is 4.92. The average Bonchev–Trinajstić information content (AvgIpc) is 3.16. The summed E-state index contributed by atoms with van der Waals surface area (Å²) in [5.74, 6) is 2.11. The number of hydrogen-bond donors (Lipinski definition) is 1. The smallest absolute Gasteiger partial charge is 0.240 e. The molecule has 2 aliphatic rings. The maximum Gasteiger partial charge on any atom is 0.240 e. The largest absolute Gasteiger partial charge is 0.496 e. The van der Waals surface area contributed by atoms with Crippen LogP contribution in [0, 0.1) is 0 Å². The van der Waals surface area contributed by atoms with Crippen molar-refractivity contribution in [2.45, 2.75) is 17.7 Å². The number of fused-ring (bicyclic) bond motifs is 1. The lowest BCUT2D eigenvalue weighted by molar-refractivity contribution is -0.134. The number of methoxy groups -OCH3 is 1. The second-order valence-corrected chi connectivity index (χ2v) is 8.51. The van der Waals surface area contributed by atoms with Crippen molar-refractivity contribution < 1.29 is 9.53 Å². The second-order valence-electron chi connectivity index (χ2n) is 6.29. The van der Waals surface area contributed by atoms with Gasteiger partial charge in [0.1, 0.15) is 11.0 Å². The number of para-hydroxylation sites is 1. The van der Waals surface area contributed by atoms with E-state index >= 15 is 0 Å². The Balaban J connectivity index is 0.00000196. The van der Waals surface area contributed by atoms with E-state index in [9.17, 15) is 4.79 Å². The summed E-state index contributed by atoms with van der Waals surface area (Å²) < 4.78 is 5.55. The fourth-order valence-electron chi connectivity index (χ4n) is 3.69. The summed E-state index contributed by atoms with van der Waals surface area (Å²) in [6.07, 6.45) is 1.08. The van der Waals surface area contributed by atoms with Crippen LogP contribution in [0.3, 0.4) is 0 Å². The maximum absolute atomic E-state index is 13.4. The van der Waals surface area contributed by atoms with Gasteiger partial charge >= 0.3 is 0 Å². The Bertz CT molecular complexity index is 768. The average molecular weight is 411 g/mol. The summed E-state index contributed by atoms with van der Waals surface area (Å²) in [5.41, 5.74) is 2.31. The molecule has 140 valence electrons. The Labute approximate surface area is 168 Å². The number of ether oxygens (including phenoxy) is 1. The normalized spacial score (nSPS) is 22.3. The SMILES string of the molecule is COc1ccccc1C1CNCCN1C(=O)C1SCCc2sccc21.Cl. The van der Waals surface area contributed by atoms with E-state index in [0.717, 1.165) is 43.1 Å². The number of piperazine rings is 1. The zero-order chi connectivity index (χ0) is 17.2. The van der Waals surface area contributed by atoms with Gasteiger partial charge < -0.3 is 15.0 Å². The fraction of sp³-hybridized carbons (Fsp3) is 0.421. The van der Waals surface area contributed by atoms with E-state index in [1.807, 2.05) is 18.2 Å². The van der Waals surface area contributed by atoms with Crippen molar-refractivity contribution in [3.05, 3.63) is 51.7 Å². The van der Waals surface area contributed by atoms with Gasteiger partial charge in [0.15, 0.2) is 0 Å². The van der Waals surface area contributed by atoms with Crippen molar-refractivity contribution in [2.24, 2.45) is 0 Å². The van der Waals surface area contributed by atoms with Crippen molar-refractivity contribution in [3.8, 4) is 5.75 Å². The summed E-state index contributed by atoms with van der Waals surface area (Å²) >= 11 is 3.56. The highest BCUT2D eigenvalue weighted by molar-refractivity contribution is 8.00. The molecule has 0 saturated carbocycles. The molecule has 4 rings (SSSR count). The molecule has 2 aromatic rings. The third kappa shape index (κ3) is 3.60. The molecule has 1 saturated heterocycles. The lowest BCUT2D eigenvalue weighted by atomic mass is 10.0. The molecule has 2 atom stereocenters. The number of halogens is 1. The number of benzene rings is 1. The zero-order valence-electron chi connectivity index (χ0n) is 14.6. The summed E-state index contributed by atoms with van der Waals surface area (Å²) in [6, 6.07) is 10.2. The van der Waals surface area contributed by atoms with E-state index in [0.29, 0.717) is 0 Å². The van der Waals surface area contributed by atoms with Crippen LogP contribution in [0.1, 0.15) is 27.3 Å². The van der Waals surface area contributed by atoms with Gasteiger partial charge in [0, 0.05) is 30.1 Å². The van der Waals surface area contributed by atoms with Gasteiger partial charge in [-0.15, -0.1) is 35.5 Å². The number of nitrogens with one attached hydrogen (secondary N) is 1. The maximum atomic E-state index is 13.4. The van der Waals surface area contributed by atoms with Gasteiger partial charge in [-0.2, -0.15) is 0 Å². The molecular formula is C19H23ClN2O2S2. The first-order valence-electron chi connectivity index (χ1n) is 8.61. The summed E-state index contributed by atoms with van der Waals surface area (Å²) in [4.78, 5) is 16.9. The number of rotatable bonds is 3. The summed E-state index contributed by atoms with van der Waals surface area (Å²) in [5, 5.41) is 5.49. The van der Waals surface area contributed by atoms with E-state index < -0.39 is 0 Å². The number of carbonyl (C=O) groups excluding carboxylic acids is 1. The van der Waals surface area contributed by atoms with E-state index in [1.165, 1.54) is 10.4 Å². The minimum Gasteiger partial charge on any atom is -0.496 e. The van der Waals surface area contributed by atoms with Crippen molar-refractivity contribution in [1.82, 2.24) is 10.2 Å². The van der Waals surface area contributed by atoms with Crippen molar-refractivity contribution in [2.75, 3.05) is 32.5 Å². The molecule has 26 heavy (non-hydrogen) atoms. The lowest BCUT2D eigenvalue weighted by Crippen LogP contribution is -2.50. The van der Waals surface area contributed by atoms with Crippen LogP contribution >= 0.6 is 35.5 Å².